The summed E-state index contributed by atoms with van der Waals surface area (Å²) in [4.78, 5) is 4.12. The standard InChI is InChI=1S/C16H10BrN3/c17-14-4-2-6-16(13(14)9-18)20-15-5-1-3-11-10-19-8-7-12(11)15/h1-8,10,20H. The van der Waals surface area contributed by atoms with Crippen molar-refractivity contribution in [3.8, 4) is 6.07 Å². The van der Waals surface area contributed by atoms with Crippen LogP contribution in [0.1, 0.15) is 5.56 Å². The second-order valence-electron chi connectivity index (χ2n) is 4.30. The zero-order chi connectivity index (χ0) is 13.9. The zero-order valence-corrected chi connectivity index (χ0v) is 12.1. The molecule has 0 bridgehead atoms. The SMILES string of the molecule is N#Cc1c(Br)cccc1Nc1cccc2cnccc12. The number of hydrogen-bond donors (Lipinski definition) is 1. The number of halogens is 1. The summed E-state index contributed by atoms with van der Waals surface area (Å²) in [5.41, 5.74) is 2.34. The highest BCUT2D eigenvalue weighted by molar-refractivity contribution is 9.10. The molecule has 0 aliphatic heterocycles. The Labute approximate surface area is 125 Å². The highest BCUT2D eigenvalue weighted by atomic mass is 79.9. The molecule has 1 aromatic heterocycles. The van der Waals surface area contributed by atoms with Gasteiger partial charge in [-0.1, -0.05) is 18.2 Å². The van der Waals surface area contributed by atoms with E-state index >= 15 is 0 Å². The smallest absolute Gasteiger partial charge is 0.103 e. The van der Waals surface area contributed by atoms with E-state index in [1.807, 2.05) is 48.7 Å². The Kier molecular flexibility index (Phi) is 3.36. The number of anilines is 2. The molecule has 0 unspecified atom stereocenters. The van der Waals surface area contributed by atoms with Crippen LogP contribution in [0.2, 0.25) is 0 Å². The van der Waals surface area contributed by atoms with Crippen LogP contribution in [0.3, 0.4) is 0 Å². The van der Waals surface area contributed by atoms with Crippen LogP contribution >= 0.6 is 15.9 Å². The van der Waals surface area contributed by atoms with Crippen LogP contribution in [0, 0.1) is 11.3 Å². The first kappa shape index (κ1) is 12.6. The first-order chi connectivity index (χ1) is 9.79. The number of benzene rings is 2. The highest BCUT2D eigenvalue weighted by Crippen LogP contribution is 2.30. The van der Waals surface area contributed by atoms with E-state index in [-0.39, 0.29) is 0 Å². The molecular weight excluding hydrogens is 314 g/mol. The third kappa shape index (κ3) is 2.24. The van der Waals surface area contributed by atoms with Gasteiger partial charge >= 0.3 is 0 Å². The molecule has 1 heterocycles. The van der Waals surface area contributed by atoms with E-state index in [4.69, 9.17) is 0 Å². The van der Waals surface area contributed by atoms with E-state index in [9.17, 15) is 5.26 Å². The fourth-order valence-electron chi connectivity index (χ4n) is 2.12. The van der Waals surface area contributed by atoms with Crippen molar-refractivity contribution in [3.63, 3.8) is 0 Å². The van der Waals surface area contributed by atoms with E-state index < -0.39 is 0 Å². The van der Waals surface area contributed by atoms with Crippen LogP contribution in [0.15, 0.2) is 59.3 Å². The van der Waals surface area contributed by atoms with Crippen molar-refractivity contribution in [1.29, 1.82) is 5.26 Å². The summed E-state index contributed by atoms with van der Waals surface area (Å²) in [6.45, 7) is 0. The zero-order valence-electron chi connectivity index (χ0n) is 10.5. The lowest BCUT2D eigenvalue weighted by Crippen LogP contribution is -1.95. The maximum Gasteiger partial charge on any atom is 0.103 e. The molecule has 0 atom stereocenters. The quantitative estimate of drug-likeness (QED) is 0.749. The van der Waals surface area contributed by atoms with E-state index in [0.29, 0.717) is 5.56 Å². The predicted octanol–water partition coefficient (Wildman–Crippen LogP) is 4.61. The third-order valence-corrected chi connectivity index (χ3v) is 3.74. The van der Waals surface area contributed by atoms with Crippen LogP contribution in [0.25, 0.3) is 10.8 Å². The summed E-state index contributed by atoms with van der Waals surface area (Å²) < 4.78 is 0.784. The number of nitrogens with zero attached hydrogens (tertiary/aromatic N) is 2. The first-order valence-electron chi connectivity index (χ1n) is 6.08. The molecule has 0 saturated heterocycles. The van der Waals surface area contributed by atoms with Crippen molar-refractivity contribution in [2.45, 2.75) is 0 Å². The molecule has 0 aliphatic rings. The summed E-state index contributed by atoms with van der Waals surface area (Å²) in [7, 11) is 0. The average Bonchev–Trinajstić information content (AvgIpc) is 2.48. The van der Waals surface area contributed by atoms with E-state index in [2.05, 4.69) is 32.3 Å². The number of fused-ring (bicyclic) bond motifs is 1. The van der Waals surface area contributed by atoms with Crippen LogP contribution in [-0.4, -0.2) is 4.98 Å². The van der Waals surface area contributed by atoms with Gasteiger partial charge in [0.15, 0.2) is 0 Å². The van der Waals surface area contributed by atoms with Gasteiger partial charge in [-0.2, -0.15) is 5.26 Å². The Morgan fingerprint density at radius 2 is 1.85 bits per heavy atom. The van der Waals surface area contributed by atoms with Crippen molar-refractivity contribution in [2.75, 3.05) is 5.32 Å². The summed E-state index contributed by atoms with van der Waals surface area (Å²) in [5, 5.41) is 14.7. The molecule has 3 rings (SSSR count). The summed E-state index contributed by atoms with van der Waals surface area (Å²) in [5.74, 6) is 0. The molecule has 0 amide bonds. The number of hydrogen-bond acceptors (Lipinski definition) is 3. The monoisotopic (exact) mass is 323 g/mol. The minimum atomic E-state index is 0.596. The van der Waals surface area contributed by atoms with Gasteiger partial charge in [0, 0.05) is 33.3 Å². The van der Waals surface area contributed by atoms with Crippen molar-refractivity contribution < 1.29 is 0 Å². The van der Waals surface area contributed by atoms with E-state index in [1.54, 1.807) is 6.20 Å². The summed E-state index contributed by atoms with van der Waals surface area (Å²) in [6, 6.07) is 15.8. The summed E-state index contributed by atoms with van der Waals surface area (Å²) in [6.07, 6.45) is 3.59. The number of nitrogens with one attached hydrogen (secondary N) is 1. The van der Waals surface area contributed by atoms with Crippen molar-refractivity contribution in [1.82, 2.24) is 4.98 Å². The first-order valence-corrected chi connectivity index (χ1v) is 6.87. The Morgan fingerprint density at radius 1 is 1.05 bits per heavy atom. The molecule has 2 aromatic carbocycles. The Bertz CT molecular complexity index is 816. The number of nitriles is 1. The van der Waals surface area contributed by atoms with Gasteiger partial charge in [0.1, 0.15) is 6.07 Å². The number of rotatable bonds is 2. The molecule has 4 heteroatoms. The molecule has 1 N–H and O–H groups in total. The third-order valence-electron chi connectivity index (χ3n) is 3.08. The molecule has 0 aliphatic carbocycles. The van der Waals surface area contributed by atoms with Gasteiger partial charge in [-0.3, -0.25) is 4.98 Å². The van der Waals surface area contributed by atoms with Gasteiger partial charge in [0.05, 0.1) is 11.3 Å². The minimum Gasteiger partial charge on any atom is -0.354 e. The fraction of sp³-hybridized carbons (Fsp3) is 0. The van der Waals surface area contributed by atoms with Gasteiger partial charge in [-0.25, -0.2) is 0 Å². The number of pyridine rings is 1. The van der Waals surface area contributed by atoms with Crippen molar-refractivity contribution >= 4 is 38.1 Å². The van der Waals surface area contributed by atoms with Gasteiger partial charge in [-0.15, -0.1) is 0 Å². The topological polar surface area (TPSA) is 48.7 Å². The van der Waals surface area contributed by atoms with Gasteiger partial charge in [-0.05, 0) is 40.2 Å². The molecule has 0 spiro atoms. The van der Waals surface area contributed by atoms with Gasteiger partial charge in [0.2, 0.25) is 0 Å². The number of aromatic nitrogens is 1. The maximum absolute atomic E-state index is 9.26. The molecule has 3 aromatic rings. The lowest BCUT2D eigenvalue weighted by atomic mass is 10.1. The van der Waals surface area contributed by atoms with Crippen LogP contribution in [0.4, 0.5) is 11.4 Å². The second kappa shape index (κ2) is 5.32. The van der Waals surface area contributed by atoms with Gasteiger partial charge in [0.25, 0.3) is 0 Å². The fourth-order valence-corrected chi connectivity index (χ4v) is 2.57. The molecule has 0 fully saturated rings. The molecular formula is C16H10BrN3. The average molecular weight is 324 g/mol. The highest BCUT2D eigenvalue weighted by Gasteiger charge is 2.07. The molecule has 3 nitrogen and oxygen atoms in total. The lowest BCUT2D eigenvalue weighted by molar-refractivity contribution is 1.36. The van der Waals surface area contributed by atoms with Crippen LogP contribution in [-0.2, 0) is 0 Å². The largest absolute Gasteiger partial charge is 0.354 e. The molecule has 96 valence electrons. The van der Waals surface area contributed by atoms with E-state index in [1.165, 1.54) is 0 Å². The Morgan fingerprint density at radius 3 is 2.70 bits per heavy atom. The lowest BCUT2D eigenvalue weighted by Gasteiger charge is -2.11. The minimum absolute atomic E-state index is 0.596. The Hall–Kier alpha value is -2.38. The Balaban J connectivity index is 2.11. The molecule has 20 heavy (non-hydrogen) atoms. The second-order valence-corrected chi connectivity index (χ2v) is 5.16. The maximum atomic E-state index is 9.26. The molecule has 0 radical (unpaired) electrons. The van der Waals surface area contributed by atoms with Crippen LogP contribution in [0.5, 0.6) is 0 Å². The normalized spacial score (nSPS) is 10.2. The summed E-state index contributed by atoms with van der Waals surface area (Å²) >= 11 is 3.40. The van der Waals surface area contributed by atoms with Crippen molar-refractivity contribution in [2.24, 2.45) is 0 Å². The van der Waals surface area contributed by atoms with Crippen molar-refractivity contribution in [3.05, 3.63) is 64.9 Å². The van der Waals surface area contributed by atoms with Gasteiger partial charge < -0.3 is 5.32 Å². The van der Waals surface area contributed by atoms with E-state index in [0.717, 1.165) is 26.6 Å². The molecule has 0 saturated carbocycles. The predicted molar refractivity (Wildman–Crippen MR) is 83.9 cm³/mol. The van der Waals surface area contributed by atoms with Crippen LogP contribution < -0.4 is 5.32 Å².